The van der Waals surface area contributed by atoms with Crippen LogP contribution in [0.4, 0.5) is 0 Å². The number of nitrogens with zero attached hydrogens (tertiary/aromatic N) is 2. The zero-order chi connectivity index (χ0) is 14.3. The van der Waals surface area contributed by atoms with Gasteiger partial charge in [-0.2, -0.15) is 0 Å². The monoisotopic (exact) mass is 291 g/mol. The van der Waals surface area contributed by atoms with Crippen LogP contribution in [0.25, 0.3) is 11.0 Å². The second-order valence-electron chi connectivity index (χ2n) is 5.86. The van der Waals surface area contributed by atoms with Crippen LogP contribution in [-0.4, -0.2) is 16.1 Å². The molecule has 0 bridgehead atoms. The van der Waals surface area contributed by atoms with Crippen LogP contribution in [-0.2, 0) is 5.41 Å². The van der Waals surface area contributed by atoms with Gasteiger partial charge < -0.3 is 10.3 Å². The third kappa shape index (κ3) is 2.04. The van der Waals surface area contributed by atoms with Crippen LogP contribution >= 0.6 is 11.6 Å². The molecule has 4 heteroatoms. The van der Waals surface area contributed by atoms with Crippen LogP contribution in [0, 0.1) is 0 Å². The van der Waals surface area contributed by atoms with E-state index in [9.17, 15) is 0 Å². The molecule has 3 nitrogen and oxygen atoms in total. The van der Waals surface area contributed by atoms with Gasteiger partial charge >= 0.3 is 0 Å². The summed E-state index contributed by atoms with van der Waals surface area (Å²) in [6, 6.07) is 6.61. The molecule has 1 fully saturated rings. The molecular formula is C16H22ClN3. The average molecular weight is 292 g/mol. The fourth-order valence-corrected chi connectivity index (χ4v) is 3.26. The van der Waals surface area contributed by atoms with Crippen LogP contribution in [0.3, 0.4) is 0 Å². The van der Waals surface area contributed by atoms with E-state index in [1.165, 1.54) is 18.4 Å². The molecule has 0 amide bonds. The summed E-state index contributed by atoms with van der Waals surface area (Å²) in [6.45, 7) is 5.06. The lowest BCUT2D eigenvalue weighted by Gasteiger charge is -2.30. The molecule has 2 aromatic rings. The maximum atomic E-state index is 6.12. The SMILES string of the molecule is CCC(CC)(CN)c1nc2cc(Cl)ccc2n1C1CC1. The second kappa shape index (κ2) is 5.05. The van der Waals surface area contributed by atoms with Crippen molar-refractivity contribution in [1.82, 2.24) is 9.55 Å². The van der Waals surface area contributed by atoms with E-state index in [4.69, 9.17) is 22.3 Å². The summed E-state index contributed by atoms with van der Waals surface area (Å²) >= 11 is 6.12. The summed E-state index contributed by atoms with van der Waals surface area (Å²) in [5.41, 5.74) is 8.30. The molecule has 2 N–H and O–H groups in total. The molecule has 1 aromatic carbocycles. The molecule has 1 saturated carbocycles. The first-order valence-corrected chi connectivity index (χ1v) is 7.91. The Kier molecular flexibility index (Phi) is 3.51. The number of fused-ring (bicyclic) bond motifs is 1. The highest BCUT2D eigenvalue weighted by molar-refractivity contribution is 6.31. The maximum Gasteiger partial charge on any atom is 0.117 e. The van der Waals surface area contributed by atoms with E-state index in [0.717, 1.165) is 29.2 Å². The largest absolute Gasteiger partial charge is 0.329 e. The molecule has 3 rings (SSSR count). The Balaban J connectivity index is 2.26. The van der Waals surface area contributed by atoms with Crippen molar-refractivity contribution in [3.8, 4) is 0 Å². The standard InChI is InChI=1S/C16H22ClN3/c1-3-16(4-2,10-18)15-19-13-9-11(17)5-8-14(13)20(15)12-6-7-12/h5,8-9,12H,3-4,6-7,10,18H2,1-2H3. The fourth-order valence-electron chi connectivity index (χ4n) is 3.09. The highest BCUT2D eigenvalue weighted by Gasteiger charge is 2.37. The van der Waals surface area contributed by atoms with Crippen molar-refractivity contribution in [2.24, 2.45) is 5.73 Å². The molecule has 0 radical (unpaired) electrons. The summed E-state index contributed by atoms with van der Waals surface area (Å²) in [4.78, 5) is 4.92. The molecule has 1 aromatic heterocycles. The Hall–Kier alpha value is -1.06. The van der Waals surface area contributed by atoms with Crippen LogP contribution in [0.1, 0.15) is 51.4 Å². The molecule has 1 aliphatic carbocycles. The number of hydrogen-bond donors (Lipinski definition) is 1. The molecule has 20 heavy (non-hydrogen) atoms. The van der Waals surface area contributed by atoms with Gasteiger partial charge in [0.05, 0.1) is 11.0 Å². The van der Waals surface area contributed by atoms with E-state index in [1.54, 1.807) is 0 Å². The first kappa shape index (κ1) is 13.9. The van der Waals surface area contributed by atoms with Gasteiger partial charge in [-0.05, 0) is 43.9 Å². The van der Waals surface area contributed by atoms with E-state index in [0.29, 0.717) is 12.6 Å². The van der Waals surface area contributed by atoms with Crippen LogP contribution in [0.2, 0.25) is 5.02 Å². The molecule has 0 aliphatic heterocycles. The van der Waals surface area contributed by atoms with Crippen molar-refractivity contribution in [3.63, 3.8) is 0 Å². The number of nitrogens with two attached hydrogens (primary N) is 1. The Bertz CT molecular complexity index is 616. The summed E-state index contributed by atoms with van der Waals surface area (Å²) in [5, 5.41) is 0.746. The van der Waals surface area contributed by atoms with Gasteiger partial charge in [-0.15, -0.1) is 0 Å². The van der Waals surface area contributed by atoms with Gasteiger partial charge in [-0.25, -0.2) is 4.98 Å². The van der Waals surface area contributed by atoms with Crippen LogP contribution in [0.15, 0.2) is 18.2 Å². The predicted molar refractivity (Wildman–Crippen MR) is 84.3 cm³/mol. The number of rotatable bonds is 5. The van der Waals surface area contributed by atoms with Crippen LogP contribution in [0.5, 0.6) is 0 Å². The number of aromatic nitrogens is 2. The zero-order valence-electron chi connectivity index (χ0n) is 12.2. The van der Waals surface area contributed by atoms with Crippen molar-refractivity contribution < 1.29 is 0 Å². The van der Waals surface area contributed by atoms with Gasteiger partial charge in [0, 0.05) is 23.0 Å². The topological polar surface area (TPSA) is 43.8 Å². The summed E-state index contributed by atoms with van der Waals surface area (Å²) in [5.74, 6) is 1.16. The third-order valence-electron chi connectivity index (χ3n) is 4.78. The lowest BCUT2D eigenvalue weighted by Crippen LogP contribution is -2.36. The van der Waals surface area contributed by atoms with Gasteiger partial charge in [-0.3, -0.25) is 0 Å². The summed E-state index contributed by atoms with van der Waals surface area (Å²) in [6.07, 6.45) is 4.53. The van der Waals surface area contributed by atoms with Crippen molar-refractivity contribution in [2.45, 2.75) is 51.0 Å². The van der Waals surface area contributed by atoms with Gasteiger partial charge in [0.25, 0.3) is 0 Å². The van der Waals surface area contributed by atoms with Crippen molar-refractivity contribution in [1.29, 1.82) is 0 Å². The minimum absolute atomic E-state index is 0.0198. The van der Waals surface area contributed by atoms with E-state index < -0.39 is 0 Å². The number of hydrogen-bond acceptors (Lipinski definition) is 2. The number of halogens is 1. The van der Waals surface area contributed by atoms with Gasteiger partial charge in [0.1, 0.15) is 5.82 Å². The molecule has 1 aliphatic rings. The van der Waals surface area contributed by atoms with Crippen LogP contribution < -0.4 is 5.73 Å². The van der Waals surface area contributed by atoms with E-state index in [2.05, 4.69) is 24.5 Å². The minimum atomic E-state index is -0.0198. The van der Waals surface area contributed by atoms with Gasteiger partial charge in [0.2, 0.25) is 0 Å². The first-order valence-electron chi connectivity index (χ1n) is 7.53. The summed E-state index contributed by atoms with van der Waals surface area (Å²) in [7, 11) is 0. The molecule has 0 spiro atoms. The Morgan fingerprint density at radius 3 is 2.60 bits per heavy atom. The van der Waals surface area contributed by atoms with Crippen molar-refractivity contribution in [3.05, 3.63) is 29.0 Å². The Morgan fingerprint density at radius 2 is 2.05 bits per heavy atom. The van der Waals surface area contributed by atoms with E-state index in [1.807, 2.05) is 12.1 Å². The predicted octanol–water partition coefficient (Wildman–Crippen LogP) is 4.04. The Morgan fingerprint density at radius 1 is 1.35 bits per heavy atom. The molecule has 0 unspecified atom stereocenters. The quantitative estimate of drug-likeness (QED) is 0.903. The average Bonchev–Trinajstić information content (AvgIpc) is 3.23. The molecule has 1 heterocycles. The lowest BCUT2D eigenvalue weighted by molar-refractivity contribution is 0.368. The zero-order valence-corrected chi connectivity index (χ0v) is 13.0. The fraction of sp³-hybridized carbons (Fsp3) is 0.562. The van der Waals surface area contributed by atoms with Gasteiger partial charge in [-0.1, -0.05) is 25.4 Å². The molecular weight excluding hydrogens is 270 g/mol. The van der Waals surface area contributed by atoms with E-state index >= 15 is 0 Å². The van der Waals surface area contributed by atoms with E-state index in [-0.39, 0.29) is 5.41 Å². The van der Waals surface area contributed by atoms with Crippen molar-refractivity contribution >= 4 is 22.6 Å². The smallest absolute Gasteiger partial charge is 0.117 e. The molecule has 0 atom stereocenters. The summed E-state index contributed by atoms with van der Waals surface area (Å²) < 4.78 is 2.42. The highest BCUT2D eigenvalue weighted by atomic mass is 35.5. The van der Waals surface area contributed by atoms with Crippen molar-refractivity contribution in [2.75, 3.05) is 6.54 Å². The number of benzene rings is 1. The normalized spacial score (nSPS) is 16.0. The lowest BCUT2D eigenvalue weighted by atomic mass is 9.81. The maximum absolute atomic E-state index is 6.12. The van der Waals surface area contributed by atoms with Gasteiger partial charge in [0.15, 0.2) is 0 Å². The molecule has 108 valence electrons. The number of imidazole rings is 1. The minimum Gasteiger partial charge on any atom is -0.329 e. The second-order valence-corrected chi connectivity index (χ2v) is 6.30. The first-order chi connectivity index (χ1) is 9.65. The Labute approximate surface area is 125 Å². The molecule has 0 saturated heterocycles. The third-order valence-corrected chi connectivity index (χ3v) is 5.02. The highest BCUT2D eigenvalue weighted by Crippen LogP contribution is 2.43.